The number of nitrogens with two attached hydrogens (primary N) is 1. The minimum atomic E-state index is 0.408. The largest absolute Gasteiger partial charge is 0.330 e. The van der Waals surface area contributed by atoms with E-state index in [1.54, 1.807) is 0 Å². The van der Waals surface area contributed by atoms with Gasteiger partial charge in [0.15, 0.2) is 5.65 Å². The van der Waals surface area contributed by atoms with Crippen molar-refractivity contribution in [2.45, 2.75) is 25.7 Å². The molecular weight excluding hydrogens is 188 g/mol. The zero-order chi connectivity index (χ0) is 10.7. The molecule has 2 N–H and O–H groups in total. The first-order valence-electron chi connectivity index (χ1n) is 5.32. The number of pyridine rings is 1. The maximum Gasteiger partial charge on any atom is 0.160 e. The Kier molecular flexibility index (Phi) is 2.97. The van der Waals surface area contributed by atoms with Gasteiger partial charge in [-0.1, -0.05) is 13.0 Å². The summed E-state index contributed by atoms with van der Waals surface area (Å²) in [7, 11) is 0. The third-order valence-electron chi connectivity index (χ3n) is 2.62. The lowest BCUT2D eigenvalue weighted by molar-refractivity contribution is 0.603. The van der Waals surface area contributed by atoms with E-state index in [4.69, 9.17) is 5.73 Å². The van der Waals surface area contributed by atoms with Crippen LogP contribution >= 0.6 is 0 Å². The number of aromatic nitrogens is 3. The first-order valence-corrected chi connectivity index (χ1v) is 5.32. The van der Waals surface area contributed by atoms with Crippen molar-refractivity contribution in [2.75, 3.05) is 6.54 Å². The molecule has 0 spiro atoms. The molecule has 15 heavy (non-hydrogen) atoms. The molecule has 2 aromatic heterocycles. The fraction of sp³-hybridized carbons (Fsp3) is 0.455. The average Bonchev–Trinajstić information content (AvgIpc) is 2.69. The molecular formula is C11H16N4. The Bertz CT molecular complexity index is 435. The molecule has 2 rings (SSSR count). The number of hydrogen-bond donors (Lipinski definition) is 1. The Morgan fingerprint density at radius 3 is 3.07 bits per heavy atom. The van der Waals surface area contributed by atoms with Gasteiger partial charge in [-0.15, -0.1) is 10.2 Å². The van der Waals surface area contributed by atoms with E-state index in [0.717, 1.165) is 30.9 Å². The van der Waals surface area contributed by atoms with Crippen LogP contribution in [0, 0.1) is 0 Å². The highest BCUT2D eigenvalue weighted by Crippen LogP contribution is 2.18. The smallest absolute Gasteiger partial charge is 0.160 e. The Morgan fingerprint density at radius 2 is 2.27 bits per heavy atom. The Hall–Kier alpha value is -1.42. The molecule has 2 aromatic rings. The quantitative estimate of drug-likeness (QED) is 0.822. The second kappa shape index (κ2) is 4.40. The number of nitrogens with zero attached hydrogens (tertiary/aromatic N) is 3. The van der Waals surface area contributed by atoms with Crippen molar-refractivity contribution in [1.29, 1.82) is 0 Å². The lowest BCUT2D eigenvalue weighted by Gasteiger charge is -2.08. The Morgan fingerprint density at radius 1 is 1.40 bits per heavy atom. The molecule has 0 saturated heterocycles. The first kappa shape index (κ1) is 10.1. The van der Waals surface area contributed by atoms with Gasteiger partial charge >= 0.3 is 0 Å². The number of rotatable bonds is 4. The molecule has 1 atom stereocenters. The van der Waals surface area contributed by atoms with Gasteiger partial charge in [-0.2, -0.15) is 0 Å². The van der Waals surface area contributed by atoms with Crippen LogP contribution in [0.1, 0.15) is 31.5 Å². The van der Waals surface area contributed by atoms with Crippen LogP contribution in [0.25, 0.3) is 5.65 Å². The van der Waals surface area contributed by atoms with Crippen LogP contribution in [0.5, 0.6) is 0 Å². The number of fused-ring (bicyclic) bond motifs is 1. The van der Waals surface area contributed by atoms with Crippen molar-refractivity contribution >= 4 is 5.65 Å². The standard InChI is InChI=1S/C11H16N4/c1-9(5-4-7-12)11-14-13-10-6-2-3-8-15(10)11/h2-3,6,8-9H,4-5,7,12H2,1H3. The second-order valence-electron chi connectivity index (χ2n) is 3.82. The molecule has 0 saturated carbocycles. The van der Waals surface area contributed by atoms with E-state index in [2.05, 4.69) is 17.1 Å². The zero-order valence-electron chi connectivity index (χ0n) is 8.93. The van der Waals surface area contributed by atoms with Gasteiger partial charge in [-0.3, -0.25) is 4.40 Å². The highest BCUT2D eigenvalue weighted by Gasteiger charge is 2.11. The van der Waals surface area contributed by atoms with E-state index in [9.17, 15) is 0 Å². The summed E-state index contributed by atoms with van der Waals surface area (Å²) in [5, 5.41) is 8.35. The van der Waals surface area contributed by atoms with Gasteiger partial charge in [0.25, 0.3) is 0 Å². The fourth-order valence-electron chi connectivity index (χ4n) is 1.75. The van der Waals surface area contributed by atoms with E-state index in [-0.39, 0.29) is 0 Å². The Balaban J connectivity index is 2.27. The van der Waals surface area contributed by atoms with Crippen molar-refractivity contribution in [3.63, 3.8) is 0 Å². The normalized spacial score (nSPS) is 13.2. The molecule has 4 nitrogen and oxygen atoms in total. The van der Waals surface area contributed by atoms with Gasteiger partial charge in [0.2, 0.25) is 0 Å². The van der Waals surface area contributed by atoms with Gasteiger partial charge in [0.1, 0.15) is 5.82 Å². The van der Waals surface area contributed by atoms with Crippen LogP contribution in [-0.2, 0) is 0 Å². The summed E-state index contributed by atoms with van der Waals surface area (Å²) in [6, 6.07) is 5.93. The molecule has 0 bridgehead atoms. The van der Waals surface area contributed by atoms with Crippen molar-refractivity contribution in [2.24, 2.45) is 5.73 Å². The van der Waals surface area contributed by atoms with Crippen molar-refractivity contribution in [1.82, 2.24) is 14.6 Å². The highest BCUT2D eigenvalue weighted by atomic mass is 15.2. The summed E-state index contributed by atoms with van der Waals surface area (Å²) in [6.45, 7) is 2.90. The monoisotopic (exact) mass is 204 g/mol. The summed E-state index contributed by atoms with van der Waals surface area (Å²) in [6.07, 6.45) is 4.10. The summed E-state index contributed by atoms with van der Waals surface area (Å²) in [5.41, 5.74) is 6.41. The van der Waals surface area contributed by atoms with E-state index in [1.165, 1.54) is 0 Å². The topological polar surface area (TPSA) is 56.2 Å². The first-order chi connectivity index (χ1) is 7.33. The van der Waals surface area contributed by atoms with Crippen LogP contribution in [0.3, 0.4) is 0 Å². The predicted octanol–water partition coefficient (Wildman–Crippen LogP) is 1.57. The summed E-state index contributed by atoms with van der Waals surface area (Å²) in [5.74, 6) is 1.44. The maximum atomic E-state index is 5.50. The highest BCUT2D eigenvalue weighted by molar-refractivity contribution is 5.37. The predicted molar refractivity (Wildman–Crippen MR) is 59.7 cm³/mol. The molecule has 0 amide bonds. The summed E-state index contributed by atoms with van der Waals surface area (Å²) in [4.78, 5) is 0. The molecule has 0 aromatic carbocycles. The molecule has 4 heteroatoms. The maximum absolute atomic E-state index is 5.50. The van der Waals surface area contributed by atoms with E-state index < -0.39 is 0 Å². The van der Waals surface area contributed by atoms with Crippen molar-refractivity contribution in [3.8, 4) is 0 Å². The zero-order valence-corrected chi connectivity index (χ0v) is 8.93. The SMILES string of the molecule is CC(CCCN)c1nnc2ccccn12. The van der Waals surface area contributed by atoms with Crippen LogP contribution in [-0.4, -0.2) is 21.1 Å². The lowest BCUT2D eigenvalue weighted by atomic mass is 10.1. The molecule has 2 heterocycles. The van der Waals surface area contributed by atoms with Gasteiger partial charge in [-0.25, -0.2) is 0 Å². The minimum absolute atomic E-state index is 0.408. The molecule has 0 aliphatic rings. The summed E-state index contributed by atoms with van der Waals surface area (Å²) < 4.78 is 2.04. The average molecular weight is 204 g/mol. The van der Waals surface area contributed by atoms with Gasteiger partial charge in [0.05, 0.1) is 0 Å². The van der Waals surface area contributed by atoms with Gasteiger partial charge in [0, 0.05) is 12.1 Å². The van der Waals surface area contributed by atoms with Crippen LogP contribution in [0.2, 0.25) is 0 Å². The van der Waals surface area contributed by atoms with Gasteiger partial charge < -0.3 is 5.73 Å². The van der Waals surface area contributed by atoms with Crippen molar-refractivity contribution in [3.05, 3.63) is 30.2 Å². The Labute approximate surface area is 89.1 Å². The minimum Gasteiger partial charge on any atom is -0.330 e. The summed E-state index contributed by atoms with van der Waals surface area (Å²) >= 11 is 0. The third-order valence-corrected chi connectivity index (χ3v) is 2.62. The van der Waals surface area contributed by atoms with E-state index in [0.29, 0.717) is 5.92 Å². The fourth-order valence-corrected chi connectivity index (χ4v) is 1.75. The molecule has 0 aliphatic heterocycles. The van der Waals surface area contributed by atoms with Crippen LogP contribution in [0.4, 0.5) is 0 Å². The van der Waals surface area contributed by atoms with Gasteiger partial charge in [-0.05, 0) is 31.5 Å². The molecule has 1 unspecified atom stereocenters. The van der Waals surface area contributed by atoms with E-state index >= 15 is 0 Å². The van der Waals surface area contributed by atoms with E-state index in [1.807, 2.05) is 28.8 Å². The van der Waals surface area contributed by atoms with Crippen molar-refractivity contribution < 1.29 is 0 Å². The number of hydrogen-bond acceptors (Lipinski definition) is 3. The molecule has 0 aliphatic carbocycles. The molecule has 0 fully saturated rings. The second-order valence-corrected chi connectivity index (χ2v) is 3.82. The third kappa shape index (κ3) is 1.99. The van der Waals surface area contributed by atoms with Crippen LogP contribution in [0.15, 0.2) is 24.4 Å². The van der Waals surface area contributed by atoms with Crippen LogP contribution < -0.4 is 5.73 Å². The lowest BCUT2D eigenvalue weighted by Crippen LogP contribution is -2.05. The molecule has 80 valence electrons. The molecule has 0 radical (unpaired) electrons.